The standard InChI is InChI=1S/C17H16BrNO2/c1-3-19-14-9-8-12(10-15(14)21-17(19)20)16(18)13-7-5-4-6-11(13)2/h4-10,16H,3H2,1-2H3. The van der Waals surface area contributed by atoms with Gasteiger partial charge in [-0.1, -0.05) is 46.3 Å². The fraction of sp³-hybridized carbons (Fsp3) is 0.235. The average molecular weight is 346 g/mol. The van der Waals surface area contributed by atoms with Gasteiger partial charge in [-0.15, -0.1) is 0 Å². The molecule has 3 nitrogen and oxygen atoms in total. The molecule has 1 atom stereocenters. The number of benzene rings is 2. The summed E-state index contributed by atoms with van der Waals surface area (Å²) in [7, 11) is 0. The summed E-state index contributed by atoms with van der Waals surface area (Å²) < 4.78 is 6.97. The van der Waals surface area contributed by atoms with E-state index in [-0.39, 0.29) is 10.6 Å². The second-order valence-electron chi connectivity index (χ2n) is 5.06. The van der Waals surface area contributed by atoms with Gasteiger partial charge < -0.3 is 4.42 Å². The van der Waals surface area contributed by atoms with Crippen LogP contribution in [0.2, 0.25) is 0 Å². The molecule has 0 fully saturated rings. The van der Waals surface area contributed by atoms with Gasteiger partial charge in [-0.05, 0) is 42.7 Å². The number of nitrogens with zero attached hydrogens (tertiary/aromatic N) is 1. The van der Waals surface area contributed by atoms with Crippen molar-refractivity contribution < 1.29 is 4.42 Å². The maximum Gasteiger partial charge on any atom is 0.419 e. The summed E-state index contributed by atoms with van der Waals surface area (Å²) in [5.74, 6) is -0.299. The SMILES string of the molecule is CCn1c(=O)oc2cc(C(Br)c3ccccc3C)ccc21. The minimum atomic E-state index is -0.299. The molecule has 0 N–H and O–H groups in total. The summed E-state index contributed by atoms with van der Waals surface area (Å²) in [4.78, 5) is 11.8. The minimum Gasteiger partial charge on any atom is -0.408 e. The Morgan fingerprint density at radius 2 is 2.00 bits per heavy atom. The molecular formula is C17H16BrNO2. The lowest BCUT2D eigenvalue weighted by atomic mass is 10.0. The first-order valence-electron chi connectivity index (χ1n) is 6.94. The Morgan fingerprint density at radius 1 is 1.24 bits per heavy atom. The number of oxazole rings is 1. The molecule has 0 spiro atoms. The summed E-state index contributed by atoms with van der Waals surface area (Å²) in [5.41, 5.74) is 5.00. The highest BCUT2D eigenvalue weighted by molar-refractivity contribution is 9.09. The van der Waals surface area contributed by atoms with E-state index in [0.717, 1.165) is 11.1 Å². The topological polar surface area (TPSA) is 35.1 Å². The van der Waals surface area contributed by atoms with Crippen LogP contribution in [0, 0.1) is 6.92 Å². The van der Waals surface area contributed by atoms with Crippen LogP contribution in [-0.4, -0.2) is 4.57 Å². The van der Waals surface area contributed by atoms with Gasteiger partial charge in [0.15, 0.2) is 5.58 Å². The van der Waals surface area contributed by atoms with E-state index in [9.17, 15) is 4.79 Å². The van der Waals surface area contributed by atoms with Crippen molar-refractivity contribution in [3.8, 4) is 0 Å². The Kier molecular flexibility index (Phi) is 3.72. The van der Waals surface area contributed by atoms with Crippen molar-refractivity contribution in [2.24, 2.45) is 0 Å². The van der Waals surface area contributed by atoms with Crippen molar-refractivity contribution in [2.75, 3.05) is 0 Å². The molecule has 0 aliphatic heterocycles. The number of rotatable bonds is 3. The molecule has 2 aromatic carbocycles. The molecule has 0 aliphatic carbocycles. The molecule has 3 aromatic rings. The highest BCUT2D eigenvalue weighted by atomic mass is 79.9. The van der Waals surface area contributed by atoms with Crippen molar-refractivity contribution in [2.45, 2.75) is 25.2 Å². The second-order valence-corrected chi connectivity index (χ2v) is 5.97. The molecule has 4 heteroatoms. The highest BCUT2D eigenvalue weighted by Gasteiger charge is 2.15. The molecular weight excluding hydrogens is 330 g/mol. The van der Waals surface area contributed by atoms with Gasteiger partial charge in [-0.25, -0.2) is 4.79 Å². The fourth-order valence-corrected chi connectivity index (χ4v) is 3.39. The second kappa shape index (κ2) is 5.53. The molecule has 0 saturated heterocycles. The van der Waals surface area contributed by atoms with Crippen LogP contribution >= 0.6 is 15.9 Å². The molecule has 108 valence electrons. The van der Waals surface area contributed by atoms with E-state index in [0.29, 0.717) is 12.1 Å². The maximum atomic E-state index is 11.8. The molecule has 1 heterocycles. The fourth-order valence-electron chi connectivity index (χ4n) is 2.59. The number of hydrogen-bond acceptors (Lipinski definition) is 2. The molecule has 0 radical (unpaired) electrons. The van der Waals surface area contributed by atoms with Gasteiger partial charge >= 0.3 is 5.76 Å². The molecule has 0 amide bonds. The first kappa shape index (κ1) is 14.1. The van der Waals surface area contributed by atoms with E-state index in [2.05, 4.69) is 35.0 Å². The van der Waals surface area contributed by atoms with E-state index < -0.39 is 0 Å². The van der Waals surface area contributed by atoms with E-state index >= 15 is 0 Å². The Bertz CT molecular complexity index is 847. The van der Waals surface area contributed by atoms with Crippen LogP contribution in [0.4, 0.5) is 0 Å². The summed E-state index contributed by atoms with van der Waals surface area (Å²) in [6.07, 6.45) is 0. The number of aromatic nitrogens is 1. The Labute approximate surface area is 131 Å². The predicted octanol–water partition coefficient (Wildman–Crippen LogP) is 4.41. The third-order valence-electron chi connectivity index (χ3n) is 3.76. The first-order valence-corrected chi connectivity index (χ1v) is 7.86. The molecule has 0 bridgehead atoms. The Balaban J connectivity index is 2.09. The van der Waals surface area contributed by atoms with Crippen LogP contribution in [0.25, 0.3) is 11.1 Å². The third kappa shape index (κ3) is 2.44. The number of fused-ring (bicyclic) bond motifs is 1. The van der Waals surface area contributed by atoms with Gasteiger partial charge in [0.25, 0.3) is 0 Å². The van der Waals surface area contributed by atoms with Gasteiger partial charge in [0, 0.05) is 6.54 Å². The quantitative estimate of drug-likeness (QED) is 0.659. The third-order valence-corrected chi connectivity index (χ3v) is 4.78. The zero-order valence-corrected chi connectivity index (χ0v) is 13.6. The zero-order chi connectivity index (χ0) is 15.0. The van der Waals surface area contributed by atoms with E-state index in [1.807, 2.05) is 37.3 Å². The zero-order valence-electron chi connectivity index (χ0n) is 12.0. The van der Waals surface area contributed by atoms with Crippen molar-refractivity contribution in [1.29, 1.82) is 0 Å². The maximum absolute atomic E-state index is 11.8. The summed E-state index contributed by atoms with van der Waals surface area (Å²) >= 11 is 3.75. The van der Waals surface area contributed by atoms with E-state index in [1.54, 1.807) is 4.57 Å². The number of alkyl halides is 1. The van der Waals surface area contributed by atoms with Gasteiger partial charge in [0.05, 0.1) is 10.3 Å². The first-order chi connectivity index (χ1) is 10.1. The lowest BCUT2D eigenvalue weighted by Gasteiger charge is -2.13. The van der Waals surface area contributed by atoms with Crippen LogP contribution in [0.3, 0.4) is 0 Å². The van der Waals surface area contributed by atoms with Gasteiger partial charge in [0.2, 0.25) is 0 Å². The van der Waals surface area contributed by atoms with Gasteiger partial charge in [-0.2, -0.15) is 0 Å². The highest BCUT2D eigenvalue weighted by Crippen LogP contribution is 2.34. The van der Waals surface area contributed by atoms with E-state index in [4.69, 9.17) is 4.42 Å². The van der Waals surface area contributed by atoms with Crippen LogP contribution in [0.5, 0.6) is 0 Å². The molecule has 3 rings (SSSR count). The monoisotopic (exact) mass is 345 g/mol. The van der Waals surface area contributed by atoms with Crippen LogP contribution in [-0.2, 0) is 6.54 Å². The van der Waals surface area contributed by atoms with Crippen molar-refractivity contribution in [3.05, 3.63) is 69.7 Å². The minimum absolute atomic E-state index is 0.0818. The lowest BCUT2D eigenvalue weighted by molar-refractivity contribution is 0.513. The predicted molar refractivity (Wildman–Crippen MR) is 88.1 cm³/mol. The summed E-state index contributed by atoms with van der Waals surface area (Å²) in [5, 5.41) is 0. The van der Waals surface area contributed by atoms with Crippen LogP contribution in [0.1, 0.15) is 28.4 Å². The molecule has 1 unspecified atom stereocenters. The van der Waals surface area contributed by atoms with Crippen molar-refractivity contribution in [3.63, 3.8) is 0 Å². The molecule has 0 aliphatic rings. The van der Waals surface area contributed by atoms with E-state index in [1.165, 1.54) is 11.1 Å². The smallest absolute Gasteiger partial charge is 0.408 e. The lowest BCUT2D eigenvalue weighted by Crippen LogP contribution is -2.11. The summed E-state index contributed by atoms with van der Waals surface area (Å²) in [6, 6.07) is 14.2. The Morgan fingerprint density at radius 3 is 2.71 bits per heavy atom. The Hall–Kier alpha value is -1.81. The number of aryl methyl sites for hydroxylation is 2. The van der Waals surface area contributed by atoms with Crippen LogP contribution < -0.4 is 5.76 Å². The van der Waals surface area contributed by atoms with Gasteiger partial charge in [-0.3, -0.25) is 4.57 Å². The molecule has 0 saturated carbocycles. The van der Waals surface area contributed by atoms with Gasteiger partial charge in [0.1, 0.15) is 0 Å². The molecule has 21 heavy (non-hydrogen) atoms. The number of halogens is 1. The van der Waals surface area contributed by atoms with Crippen LogP contribution in [0.15, 0.2) is 51.7 Å². The average Bonchev–Trinajstić information content (AvgIpc) is 2.81. The van der Waals surface area contributed by atoms with Crippen molar-refractivity contribution >= 4 is 27.0 Å². The molecule has 1 aromatic heterocycles. The largest absolute Gasteiger partial charge is 0.419 e. The normalized spacial score (nSPS) is 12.7. The number of hydrogen-bond donors (Lipinski definition) is 0. The summed E-state index contributed by atoms with van der Waals surface area (Å²) in [6.45, 7) is 4.64. The van der Waals surface area contributed by atoms with Crippen molar-refractivity contribution in [1.82, 2.24) is 4.57 Å².